The lowest BCUT2D eigenvalue weighted by atomic mass is 10.1. The highest BCUT2D eigenvalue weighted by Crippen LogP contribution is 2.29. The third kappa shape index (κ3) is 3.80. The number of ether oxygens (including phenoxy) is 1. The van der Waals surface area contributed by atoms with Crippen LogP contribution in [-0.2, 0) is 9.53 Å². The molecule has 7 heteroatoms. The number of nitrogens with zero attached hydrogens (tertiary/aromatic N) is 1. The molecule has 0 aromatic heterocycles. The largest absolute Gasteiger partial charge is 0.452 e. The fraction of sp³-hybridized carbons (Fsp3) is 0.0370. The molecule has 4 aromatic rings. The van der Waals surface area contributed by atoms with Crippen molar-refractivity contribution in [1.82, 2.24) is 0 Å². The molecule has 0 fully saturated rings. The second kappa shape index (κ2) is 8.63. The van der Waals surface area contributed by atoms with Gasteiger partial charge < -0.3 is 10.1 Å². The fourth-order valence-electron chi connectivity index (χ4n) is 3.93. The molecule has 0 saturated heterocycles. The molecule has 166 valence electrons. The zero-order chi connectivity index (χ0) is 23.7. The predicted octanol–water partition coefficient (Wildman–Crippen LogP) is 4.44. The van der Waals surface area contributed by atoms with Gasteiger partial charge in [0.15, 0.2) is 6.61 Å². The van der Waals surface area contributed by atoms with Crippen molar-refractivity contribution in [2.75, 3.05) is 16.8 Å². The summed E-state index contributed by atoms with van der Waals surface area (Å²) in [5.74, 6) is -2.14. The van der Waals surface area contributed by atoms with E-state index in [1.807, 2.05) is 36.4 Å². The van der Waals surface area contributed by atoms with Gasteiger partial charge in [-0.15, -0.1) is 0 Å². The maximum atomic E-state index is 12.7. The summed E-state index contributed by atoms with van der Waals surface area (Å²) >= 11 is 0. The Kier molecular flexibility index (Phi) is 5.35. The molecule has 1 heterocycles. The van der Waals surface area contributed by atoms with Gasteiger partial charge in [-0.05, 0) is 41.8 Å². The lowest BCUT2D eigenvalue weighted by Gasteiger charge is -2.15. The molecule has 0 spiro atoms. The maximum Gasteiger partial charge on any atom is 0.338 e. The van der Waals surface area contributed by atoms with Crippen LogP contribution in [0.1, 0.15) is 31.1 Å². The minimum atomic E-state index is -0.744. The number of nitrogens with one attached hydrogen (secondary N) is 1. The van der Waals surface area contributed by atoms with Crippen LogP contribution in [0, 0.1) is 0 Å². The van der Waals surface area contributed by atoms with E-state index in [1.54, 1.807) is 42.5 Å². The smallest absolute Gasteiger partial charge is 0.338 e. The first-order valence-corrected chi connectivity index (χ1v) is 10.6. The van der Waals surface area contributed by atoms with Crippen LogP contribution >= 0.6 is 0 Å². The van der Waals surface area contributed by atoms with Crippen LogP contribution in [0.4, 0.5) is 11.4 Å². The second-order valence-electron chi connectivity index (χ2n) is 7.69. The summed E-state index contributed by atoms with van der Waals surface area (Å²) in [7, 11) is 0. The Morgan fingerprint density at radius 2 is 1.41 bits per heavy atom. The van der Waals surface area contributed by atoms with Gasteiger partial charge in [0.05, 0.1) is 22.4 Å². The lowest BCUT2D eigenvalue weighted by Crippen LogP contribution is -2.29. The zero-order valence-corrected chi connectivity index (χ0v) is 17.9. The van der Waals surface area contributed by atoms with E-state index in [0.29, 0.717) is 16.8 Å². The molecule has 1 aliphatic heterocycles. The van der Waals surface area contributed by atoms with Crippen molar-refractivity contribution in [3.8, 4) is 0 Å². The molecule has 5 rings (SSSR count). The van der Waals surface area contributed by atoms with Gasteiger partial charge in [-0.1, -0.05) is 54.6 Å². The number of imide groups is 1. The average molecular weight is 450 g/mol. The van der Waals surface area contributed by atoms with E-state index >= 15 is 0 Å². The highest BCUT2D eigenvalue weighted by Gasteiger charge is 2.36. The first-order chi connectivity index (χ1) is 16.5. The summed E-state index contributed by atoms with van der Waals surface area (Å²) in [4.78, 5) is 51.4. The number of anilines is 2. The van der Waals surface area contributed by atoms with E-state index in [1.165, 1.54) is 12.1 Å². The molecule has 0 radical (unpaired) electrons. The third-order valence-corrected chi connectivity index (χ3v) is 5.53. The number of hydrogen-bond donors (Lipinski definition) is 1. The van der Waals surface area contributed by atoms with E-state index in [4.69, 9.17) is 4.74 Å². The summed E-state index contributed by atoms with van der Waals surface area (Å²) in [5, 5.41) is 4.60. The first kappa shape index (κ1) is 21.1. The number of esters is 1. The summed E-state index contributed by atoms with van der Waals surface area (Å²) in [5.41, 5.74) is 1.61. The summed E-state index contributed by atoms with van der Waals surface area (Å²) < 4.78 is 5.17. The Balaban J connectivity index is 1.27. The van der Waals surface area contributed by atoms with Crippen LogP contribution in [0.15, 0.2) is 91.0 Å². The number of carbonyl (C=O) groups excluding carboxylic acids is 4. The Morgan fingerprint density at radius 3 is 2.18 bits per heavy atom. The van der Waals surface area contributed by atoms with Crippen LogP contribution in [-0.4, -0.2) is 30.3 Å². The molecule has 34 heavy (non-hydrogen) atoms. The van der Waals surface area contributed by atoms with Gasteiger partial charge in [-0.25, -0.2) is 9.69 Å². The van der Waals surface area contributed by atoms with Gasteiger partial charge in [-0.2, -0.15) is 0 Å². The lowest BCUT2D eigenvalue weighted by molar-refractivity contribution is -0.119. The van der Waals surface area contributed by atoms with Crippen molar-refractivity contribution in [3.05, 3.63) is 108 Å². The molecule has 0 atom stereocenters. The van der Waals surface area contributed by atoms with Gasteiger partial charge in [-0.3, -0.25) is 14.4 Å². The molecule has 0 bridgehead atoms. The van der Waals surface area contributed by atoms with E-state index in [-0.39, 0.29) is 11.3 Å². The van der Waals surface area contributed by atoms with E-state index in [9.17, 15) is 19.2 Å². The Labute approximate surface area is 194 Å². The van der Waals surface area contributed by atoms with Crippen LogP contribution in [0.5, 0.6) is 0 Å². The Hall–Kier alpha value is -4.78. The molecule has 3 amide bonds. The van der Waals surface area contributed by atoms with E-state index in [0.717, 1.165) is 15.7 Å². The van der Waals surface area contributed by atoms with Crippen LogP contribution in [0.2, 0.25) is 0 Å². The molecule has 7 nitrogen and oxygen atoms in total. The first-order valence-electron chi connectivity index (χ1n) is 10.6. The molecular weight excluding hydrogens is 432 g/mol. The molecule has 1 N–H and O–H groups in total. The van der Waals surface area contributed by atoms with Gasteiger partial charge >= 0.3 is 5.97 Å². The highest BCUT2D eigenvalue weighted by molar-refractivity contribution is 6.34. The third-order valence-electron chi connectivity index (χ3n) is 5.53. The maximum absolute atomic E-state index is 12.7. The minimum Gasteiger partial charge on any atom is -0.452 e. The number of hydrogen-bond acceptors (Lipinski definition) is 5. The van der Waals surface area contributed by atoms with Gasteiger partial charge in [0.25, 0.3) is 17.7 Å². The summed E-state index contributed by atoms with van der Waals surface area (Å²) in [6, 6.07) is 25.7. The predicted molar refractivity (Wildman–Crippen MR) is 127 cm³/mol. The molecule has 0 aliphatic carbocycles. The normalized spacial score (nSPS) is 12.5. The fourth-order valence-corrected chi connectivity index (χ4v) is 3.93. The minimum absolute atomic E-state index is 0.118. The van der Waals surface area contributed by atoms with Gasteiger partial charge in [0.1, 0.15) is 0 Å². The Morgan fingerprint density at radius 1 is 0.765 bits per heavy atom. The van der Waals surface area contributed by atoms with Crippen molar-refractivity contribution >= 4 is 45.8 Å². The van der Waals surface area contributed by atoms with Gasteiger partial charge in [0.2, 0.25) is 0 Å². The standard InChI is InChI=1S/C27H18N2O5/c30-24(28-23-14-6-8-17-7-1-2-11-20(17)23)16-34-27(33)18-9-5-10-19(15-18)29-25(31)21-12-3-4-13-22(21)26(29)32/h1-15H,16H2,(H,28,30). The van der Waals surface area contributed by atoms with Crippen molar-refractivity contribution in [2.45, 2.75) is 0 Å². The average Bonchev–Trinajstić information content (AvgIpc) is 3.13. The number of fused-ring (bicyclic) bond motifs is 2. The molecule has 0 saturated carbocycles. The number of rotatable bonds is 5. The molecular formula is C27H18N2O5. The van der Waals surface area contributed by atoms with Crippen molar-refractivity contribution in [3.63, 3.8) is 0 Å². The quantitative estimate of drug-likeness (QED) is 0.359. The van der Waals surface area contributed by atoms with E-state index < -0.39 is 30.3 Å². The van der Waals surface area contributed by atoms with Crippen molar-refractivity contribution in [1.29, 1.82) is 0 Å². The highest BCUT2D eigenvalue weighted by atomic mass is 16.5. The monoisotopic (exact) mass is 450 g/mol. The van der Waals surface area contributed by atoms with Crippen LogP contribution in [0.25, 0.3) is 10.8 Å². The van der Waals surface area contributed by atoms with Crippen LogP contribution < -0.4 is 10.2 Å². The SMILES string of the molecule is O=C(COC(=O)c1cccc(N2C(=O)c3ccccc3C2=O)c1)Nc1cccc2ccccc12. The number of carbonyl (C=O) groups is 4. The molecule has 0 unspecified atom stereocenters. The molecule has 1 aliphatic rings. The summed E-state index contributed by atoms with van der Waals surface area (Å²) in [6.45, 7) is -0.487. The van der Waals surface area contributed by atoms with Crippen LogP contribution in [0.3, 0.4) is 0 Å². The number of amides is 3. The van der Waals surface area contributed by atoms with Crippen molar-refractivity contribution in [2.24, 2.45) is 0 Å². The topological polar surface area (TPSA) is 92.8 Å². The van der Waals surface area contributed by atoms with Gasteiger partial charge in [0, 0.05) is 11.1 Å². The second-order valence-corrected chi connectivity index (χ2v) is 7.69. The number of benzene rings is 4. The molecule has 4 aromatic carbocycles. The van der Waals surface area contributed by atoms with E-state index in [2.05, 4.69) is 5.32 Å². The van der Waals surface area contributed by atoms with Crippen molar-refractivity contribution < 1.29 is 23.9 Å². The zero-order valence-electron chi connectivity index (χ0n) is 17.9. The Bertz CT molecular complexity index is 1440. The summed E-state index contributed by atoms with van der Waals surface area (Å²) in [6.07, 6.45) is 0.